The molecule has 0 aliphatic carbocycles. The molecular weight excluding hydrogens is 656 g/mol. The number of primary amides is 1. The predicted octanol–water partition coefficient (Wildman–Crippen LogP) is -1.64. The van der Waals surface area contributed by atoms with Gasteiger partial charge < -0.3 is 54.3 Å². The minimum Gasteiger partial charge on any atom is -0.480 e. The summed E-state index contributed by atoms with van der Waals surface area (Å²) in [6.45, 7) is 3.77. The number of carboxylic acid groups (broad SMARTS) is 1. The number of carboxylic acids is 1. The number of benzene rings is 1. The van der Waals surface area contributed by atoms with Crippen LogP contribution in [0, 0.1) is 5.92 Å². The first kappa shape index (κ1) is 40.3. The van der Waals surface area contributed by atoms with Gasteiger partial charge in [-0.3, -0.25) is 29.0 Å². The van der Waals surface area contributed by atoms with Crippen molar-refractivity contribution >= 4 is 65.0 Å². The van der Waals surface area contributed by atoms with Gasteiger partial charge in [-0.25, -0.2) is 4.79 Å². The van der Waals surface area contributed by atoms with E-state index in [9.17, 15) is 33.9 Å². The Morgan fingerprint density at radius 1 is 0.857 bits per heavy atom. The fourth-order valence-corrected chi connectivity index (χ4v) is 5.10. The smallest absolute Gasteiger partial charge is 0.326 e. The highest BCUT2D eigenvalue weighted by Crippen LogP contribution is 2.19. The number of aliphatic imine (C=N–C) groups is 1. The number of amides is 5. The minimum atomic E-state index is -1.36. The van der Waals surface area contributed by atoms with Gasteiger partial charge in [-0.2, -0.15) is 12.6 Å². The highest BCUT2D eigenvalue weighted by molar-refractivity contribution is 7.80. The summed E-state index contributed by atoms with van der Waals surface area (Å²) in [4.78, 5) is 83.8. The number of aromatic amines is 1. The molecule has 0 radical (unpaired) electrons. The molecule has 1 aromatic heterocycles. The number of thiol groups is 1. The average molecular weight is 705 g/mol. The Kier molecular flexibility index (Phi) is 16.3. The summed E-state index contributed by atoms with van der Waals surface area (Å²) in [6.07, 6.45) is 1.57. The van der Waals surface area contributed by atoms with E-state index in [-0.39, 0.29) is 62.7 Å². The van der Waals surface area contributed by atoms with E-state index in [1.54, 1.807) is 6.20 Å². The summed E-state index contributed by atoms with van der Waals surface area (Å²) in [5, 5.41) is 21.0. The molecule has 0 aliphatic rings. The van der Waals surface area contributed by atoms with Crippen LogP contribution in [-0.2, 0) is 35.2 Å². The van der Waals surface area contributed by atoms with E-state index < -0.39 is 65.7 Å². The van der Waals surface area contributed by atoms with Gasteiger partial charge in [-0.05, 0) is 43.2 Å². The van der Waals surface area contributed by atoms with E-state index in [1.165, 1.54) is 0 Å². The molecule has 0 aliphatic heterocycles. The van der Waals surface area contributed by atoms with E-state index in [0.29, 0.717) is 5.56 Å². The fraction of sp³-hybridized carbons (Fsp3) is 0.516. The molecule has 1 heterocycles. The summed E-state index contributed by atoms with van der Waals surface area (Å²) in [5.41, 5.74) is 23.3. The maximum atomic E-state index is 13.6. The molecule has 2 rings (SSSR count). The molecule has 0 fully saturated rings. The zero-order valence-electron chi connectivity index (χ0n) is 27.6. The quantitative estimate of drug-likeness (QED) is 0.0305. The second-order valence-corrected chi connectivity index (χ2v) is 12.4. The number of carbonyl (C=O) groups is 6. The van der Waals surface area contributed by atoms with Crippen molar-refractivity contribution in [3.8, 4) is 0 Å². The number of para-hydroxylation sites is 1. The molecule has 18 heteroatoms. The SMILES string of the molecule is CC(C)C[C@H](NC(=O)[C@H](CCC(N)=O)NC(=O)[C@H](CCCN=C(N)N)NC(=O)[C@@H](N)CS)C(=O)N[C@@H](Cc1c[nH]c2ccccc12)C(=O)O. The maximum absolute atomic E-state index is 13.6. The second-order valence-electron chi connectivity index (χ2n) is 12.0. The molecule has 0 saturated carbocycles. The van der Waals surface area contributed by atoms with Crippen molar-refractivity contribution in [3.63, 3.8) is 0 Å². The van der Waals surface area contributed by atoms with Crippen LogP contribution in [0.25, 0.3) is 10.9 Å². The first-order valence-corrected chi connectivity index (χ1v) is 16.5. The lowest BCUT2D eigenvalue weighted by atomic mass is 10.00. The molecule has 17 nitrogen and oxygen atoms in total. The summed E-state index contributed by atoms with van der Waals surface area (Å²) in [6, 6.07) is 1.24. The molecule has 0 saturated heterocycles. The largest absolute Gasteiger partial charge is 0.480 e. The summed E-state index contributed by atoms with van der Waals surface area (Å²) >= 11 is 4.01. The molecule has 0 unspecified atom stereocenters. The third-order valence-electron chi connectivity index (χ3n) is 7.48. The van der Waals surface area contributed by atoms with E-state index in [4.69, 9.17) is 22.9 Å². The Labute approximate surface area is 289 Å². The second kappa shape index (κ2) is 19.9. The van der Waals surface area contributed by atoms with Crippen molar-refractivity contribution in [1.29, 1.82) is 0 Å². The molecule has 0 bridgehead atoms. The molecule has 14 N–H and O–H groups in total. The van der Waals surface area contributed by atoms with Gasteiger partial charge >= 0.3 is 5.97 Å². The average Bonchev–Trinajstić information content (AvgIpc) is 3.45. The van der Waals surface area contributed by atoms with Crippen LogP contribution >= 0.6 is 12.6 Å². The van der Waals surface area contributed by atoms with Crippen LogP contribution < -0.4 is 44.2 Å². The highest BCUT2D eigenvalue weighted by Gasteiger charge is 2.32. The number of fused-ring (bicyclic) bond motifs is 1. The van der Waals surface area contributed by atoms with Crippen molar-refractivity contribution in [2.45, 2.75) is 82.6 Å². The summed E-state index contributed by atoms with van der Waals surface area (Å²) < 4.78 is 0. The van der Waals surface area contributed by atoms with Crippen molar-refractivity contribution in [3.05, 3.63) is 36.0 Å². The molecule has 5 amide bonds. The number of nitrogens with one attached hydrogen (secondary N) is 5. The number of aliphatic carboxylic acids is 1. The first-order chi connectivity index (χ1) is 23.1. The predicted molar refractivity (Wildman–Crippen MR) is 187 cm³/mol. The molecule has 5 atom stereocenters. The molecule has 270 valence electrons. The zero-order chi connectivity index (χ0) is 36.7. The topological polar surface area (TPSA) is 303 Å². The van der Waals surface area contributed by atoms with Gasteiger partial charge in [0.05, 0.1) is 6.04 Å². The first-order valence-electron chi connectivity index (χ1n) is 15.8. The number of H-pyrrole nitrogens is 1. The standard InChI is InChI=1S/C31H48N10O7S/c1-16(2)12-23(29(46)41-24(30(47)48)13-17-14-37-20-7-4-3-6-18(17)20)40-28(45)22(9-10-25(33)42)39-27(44)21(8-5-11-36-31(34)35)38-26(43)19(32)15-49/h3-4,6-7,14,16,19,21-24,37,49H,5,8-13,15,32H2,1-2H3,(H2,33,42)(H,38,43)(H,39,44)(H,40,45)(H,41,46)(H,47,48)(H4,34,35,36)/t19-,21-,22-,23-,24-/m0/s1. The van der Waals surface area contributed by atoms with E-state index in [1.807, 2.05) is 38.1 Å². The van der Waals surface area contributed by atoms with Crippen LogP contribution in [0.2, 0.25) is 0 Å². The number of rotatable bonds is 21. The number of nitrogens with two attached hydrogens (primary N) is 4. The van der Waals surface area contributed by atoms with Crippen LogP contribution in [0.4, 0.5) is 0 Å². The molecule has 1 aromatic carbocycles. The molecular formula is C31H48N10O7S. The van der Waals surface area contributed by atoms with E-state index in [0.717, 1.165) is 10.9 Å². The van der Waals surface area contributed by atoms with Gasteiger partial charge in [0.15, 0.2) is 5.96 Å². The Morgan fingerprint density at radius 3 is 2.02 bits per heavy atom. The van der Waals surface area contributed by atoms with E-state index in [2.05, 4.69) is 43.9 Å². The van der Waals surface area contributed by atoms with Crippen LogP contribution in [-0.4, -0.2) is 94.1 Å². The number of guanidine groups is 1. The number of carbonyl (C=O) groups excluding carboxylic acids is 5. The fourth-order valence-electron chi connectivity index (χ4n) is 4.93. The van der Waals surface area contributed by atoms with Crippen LogP contribution in [0.3, 0.4) is 0 Å². The van der Waals surface area contributed by atoms with Crippen molar-refractivity contribution in [2.75, 3.05) is 12.3 Å². The maximum Gasteiger partial charge on any atom is 0.326 e. The van der Waals surface area contributed by atoms with Crippen molar-refractivity contribution in [2.24, 2.45) is 33.8 Å². The van der Waals surface area contributed by atoms with Crippen LogP contribution in [0.5, 0.6) is 0 Å². The van der Waals surface area contributed by atoms with Gasteiger partial charge in [-0.15, -0.1) is 0 Å². The number of hydrogen-bond donors (Lipinski definition) is 11. The van der Waals surface area contributed by atoms with Gasteiger partial charge in [0.25, 0.3) is 0 Å². The highest BCUT2D eigenvalue weighted by atomic mass is 32.1. The van der Waals surface area contributed by atoms with Gasteiger partial charge in [-0.1, -0.05) is 32.0 Å². The minimum absolute atomic E-state index is 0.00162. The Balaban J connectivity index is 2.26. The molecule has 49 heavy (non-hydrogen) atoms. The van der Waals surface area contributed by atoms with Crippen LogP contribution in [0.1, 0.15) is 51.5 Å². The van der Waals surface area contributed by atoms with E-state index >= 15 is 0 Å². The number of nitrogens with zero attached hydrogens (tertiary/aromatic N) is 1. The van der Waals surface area contributed by atoms with Crippen LogP contribution in [0.15, 0.2) is 35.5 Å². The molecule has 2 aromatic rings. The Bertz CT molecular complexity index is 1490. The Morgan fingerprint density at radius 2 is 1.43 bits per heavy atom. The third-order valence-corrected chi connectivity index (χ3v) is 7.87. The number of hydrogen-bond acceptors (Lipinski definition) is 9. The van der Waals surface area contributed by atoms with Crippen molar-refractivity contribution < 1.29 is 33.9 Å². The lowest BCUT2D eigenvalue weighted by molar-refractivity contribution is -0.142. The van der Waals surface area contributed by atoms with Gasteiger partial charge in [0.1, 0.15) is 24.2 Å². The van der Waals surface area contributed by atoms with Gasteiger partial charge in [0.2, 0.25) is 29.5 Å². The third kappa shape index (κ3) is 13.7. The van der Waals surface area contributed by atoms with Crippen molar-refractivity contribution in [1.82, 2.24) is 26.3 Å². The normalized spacial score (nSPS) is 14.1. The zero-order valence-corrected chi connectivity index (χ0v) is 28.5. The lowest BCUT2D eigenvalue weighted by Gasteiger charge is -2.27. The summed E-state index contributed by atoms with van der Waals surface area (Å²) in [7, 11) is 0. The monoisotopic (exact) mass is 704 g/mol. The Hall–Kier alpha value is -4.84. The number of aromatic nitrogens is 1. The lowest BCUT2D eigenvalue weighted by Crippen LogP contribution is -2.59. The summed E-state index contributed by atoms with van der Waals surface area (Å²) in [5.74, 6) is -5.30. The molecule has 0 spiro atoms. The van der Waals surface area contributed by atoms with Gasteiger partial charge in [0, 0.05) is 42.2 Å².